The van der Waals surface area contributed by atoms with Crippen molar-refractivity contribution in [3.8, 4) is 0 Å². The highest BCUT2D eigenvalue weighted by Crippen LogP contribution is 2.23. The lowest BCUT2D eigenvalue weighted by Gasteiger charge is -2.34. The number of hydrogen-bond acceptors (Lipinski definition) is 5. The molecule has 1 saturated heterocycles. The second-order valence-electron chi connectivity index (χ2n) is 6.09. The van der Waals surface area contributed by atoms with Crippen LogP contribution in [0.15, 0.2) is 36.5 Å². The molecule has 26 heavy (non-hydrogen) atoms. The minimum Gasteiger partial charge on any atom is -0.397 e. The summed E-state index contributed by atoms with van der Waals surface area (Å²) in [4.78, 5) is 32.0. The lowest BCUT2D eigenvalue weighted by atomic mass is 10.2. The third-order valence-electron chi connectivity index (χ3n) is 4.31. The summed E-state index contributed by atoms with van der Waals surface area (Å²) >= 11 is 5.88. The molecule has 2 aromatic rings. The number of halogens is 1. The Morgan fingerprint density at radius 3 is 2.46 bits per heavy atom. The van der Waals surface area contributed by atoms with Gasteiger partial charge >= 0.3 is 0 Å². The zero-order valence-electron chi connectivity index (χ0n) is 14.4. The summed E-state index contributed by atoms with van der Waals surface area (Å²) in [6.45, 7) is 4.38. The fourth-order valence-electron chi connectivity index (χ4n) is 2.78. The minimum absolute atomic E-state index is 0.0902. The van der Waals surface area contributed by atoms with E-state index in [4.69, 9.17) is 17.3 Å². The van der Waals surface area contributed by atoms with Crippen LogP contribution in [0.5, 0.6) is 0 Å². The molecule has 7 nitrogen and oxygen atoms in total. The minimum atomic E-state index is -0.271. The van der Waals surface area contributed by atoms with Crippen LogP contribution in [0.4, 0.5) is 17.2 Å². The maximum absolute atomic E-state index is 12.3. The third-order valence-corrected chi connectivity index (χ3v) is 4.66. The molecule has 136 valence electrons. The second-order valence-corrected chi connectivity index (χ2v) is 6.50. The molecule has 1 aromatic heterocycles. The second kappa shape index (κ2) is 7.61. The molecule has 3 N–H and O–H groups in total. The van der Waals surface area contributed by atoms with Gasteiger partial charge in [0.2, 0.25) is 5.91 Å². The maximum Gasteiger partial charge on any atom is 0.257 e. The average molecular weight is 374 g/mol. The normalized spacial score (nSPS) is 14.2. The van der Waals surface area contributed by atoms with Crippen LogP contribution >= 0.6 is 11.6 Å². The van der Waals surface area contributed by atoms with Crippen molar-refractivity contribution in [3.05, 3.63) is 47.1 Å². The van der Waals surface area contributed by atoms with Crippen LogP contribution in [0, 0.1) is 0 Å². The van der Waals surface area contributed by atoms with E-state index in [1.54, 1.807) is 37.4 Å². The summed E-state index contributed by atoms with van der Waals surface area (Å²) < 4.78 is 0. The number of carbonyl (C=O) groups is 2. The van der Waals surface area contributed by atoms with Gasteiger partial charge in [0.05, 0.1) is 16.3 Å². The number of rotatable bonds is 3. The number of carbonyl (C=O) groups excluding carboxylic acids is 2. The van der Waals surface area contributed by atoms with Crippen LogP contribution in [-0.4, -0.2) is 47.9 Å². The number of nitrogen functional groups attached to an aromatic ring is 1. The van der Waals surface area contributed by atoms with E-state index in [1.807, 2.05) is 11.0 Å². The molecule has 1 aliphatic heterocycles. The van der Waals surface area contributed by atoms with Gasteiger partial charge in [-0.15, -0.1) is 0 Å². The predicted molar refractivity (Wildman–Crippen MR) is 103 cm³/mol. The van der Waals surface area contributed by atoms with E-state index in [-0.39, 0.29) is 11.8 Å². The molecule has 0 aliphatic carbocycles. The molecular formula is C18H20ClN5O2. The number of benzene rings is 1. The van der Waals surface area contributed by atoms with Crippen LogP contribution in [0.1, 0.15) is 17.3 Å². The summed E-state index contributed by atoms with van der Waals surface area (Å²) in [6.07, 6.45) is 1.54. The monoisotopic (exact) mass is 373 g/mol. The van der Waals surface area contributed by atoms with Gasteiger partial charge in [-0.1, -0.05) is 11.6 Å². The Balaban J connectivity index is 1.63. The van der Waals surface area contributed by atoms with Crippen molar-refractivity contribution in [1.29, 1.82) is 0 Å². The van der Waals surface area contributed by atoms with Crippen LogP contribution in [0.2, 0.25) is 5.02 Å². The summed E-state index contributed by atoms with van der Waals surface area (Å²) in [5.41, 5.74) is 7.16. The van der Waals surface area contributed by atoms with Gasteiger partial charge in [-0.3, -0.25) is 9.59 Å². The van der Waals surface area contributed by atoms with Crippen LogP contribution in [0.3, 0.4) is 0 Å². The summed E-state index contributed by atoms with van der Waals surface area (Å²) in [6, 6.07) is 8.47. The van der Waals surface area contributed by atoms with E-state index in [0.29, 0.717) is 35.1 Å². The molecule has 1 fully saturated rings. The summed E-state index contributed by atoms with van der Waals surface area (Å²) in [5.74, 6) is 0.611. The SMILES string of the molecule is CC(=O)N1CCN(c2ccc(C(=O)Nc3ccc(Cl)c(N)c3)cn2)CC1. The molecule has 0 spiro atoms. The number of pyridine rings is 1. The van der Waals surface area contributed by atoms with Crippen molar-refractivity contribution >= 4 is 40.6 Å². The quantitative estimate of drug-likeness (QED) is 0.805. The molecule has 3 rings (SSSR count). The molecule has 0 atom stereocenters. The first-order valence-corrected chi connectivity index (χ1v) is 8.65. The van der Waals surface area contributed by atoms with E-state index < -0.39 is 0 Å². The van der Waals surface area contributed by atoms with Crippen molar-refractivity contribution in [3.63, 3.8) is 0 Å². The highest BCUT2D eigenvalue weighted by atomic mass is 35.5. The van der Waals surface area contributed by atoms with Crippen LogP contribution in [-0.2, 0) is 4.79 Å². The Morgan fingerprint density at radius 2 is 1.88 bits per heavy atom. The average Bonchev–Trinajstić information content (AvgIpc) is 2.65. The van der Waals surface area contributed by atoms with Gasteiger partial charge in [0.15, 0.2) is 0 Å². The molecule has 0 saturated carbocycles. The van der Waals surface area contributed by atoms with Gasteiger partial charge in [-0.25, -0.2) is 4.98 Å². The zero-order chi connectivity index (χ0) is 18.7. The Labute approximate surface area is 156 Å². The number of nitrogens with zero attached hydrogens (tertiary/aromatic N) is 3. The first-order chi connectivity index (χ1) is 12.4. The van der Waals surface area contributed by atoms with E-state index >= 15 is 0 Å². The predicted octanol–water partition coefficient (Wildman–Crippen LogP) is 2.24. The highest BCUT2D eigenvalue weighted by molar-refractivity contribution is 6.33. The first kappa shape index (κ1) is 18.0. The molecule has 1 aromatic carbocycles. The van der Waals surface area contributed by atoms with Crippen molar-refractivity contribution in [2.45, 2.75) is 6.92 Å². The Kier molecular flexibility index (Phi) is 5.27. The van der Waals surface area contributed by atoms with Crippen LogP contribution in [0.25, 0.3) is 0 Å². The first-order valence-electron chi connectivity index (χ1n) is 8.27. The van der Waals surface area contributed by atoms with Crippen molar-refractivity contribution < 1.29 is 9.59 Å². The lowest BCUT2D eigenvalue weighted by Crippen LogP contribution is -2.48. The van der Waals surface area contributed by atoms with Crippen molar-refractivity contribution in [2.75, 3.05) is 42.1 Å². The third kappa shape index (κ3) is 4.05. The number of amides is 2. The number of anilines is 3. The Bertz CT molecular complexity index is 817. The van der Waals surface area contributed by atoms with E-state index in [2.05, 4.69) is 15.2 Å². The lowest BCUT2D eigenvalue weighted by molar-refractivity contribution is -0.129. The molecule has 0 radical (unpaired) electrons. The fourth-order valence-corrected chi connectivity index (χ4v) is 2.90. The Morgan fingerprint density at radius 1 is 1.15 bits per heavy atom. The van der Waals surface area contributed by atoms with E-state index in [0.717, 1.165) is 18.9 Å². The summed E-state index contributed by atoms with van der Waals surface area (Å²) in [5, 5.41) is 3.21. The van der Waals surface area contributed by atoms with Crippen molar-refractivity contribution in [2.24, 2.45) is 0 Å². The number of hydrogen-bond donors (Lipinski definition) is 2. The molecule has 2 amide bonds. The molecule has 0 bridgehead atoms. The van der Waals surface area contributed by atoms with Gasteiger partial charge in [-0.05, 0) is 30.3 Å². The Hall–Kier alpha value is -2.80. The number of nitrogens with one attached hydrogen (secondary N) is 1. The van der Waals surface area contributed by atoms with E-state index in [1.165, 1.54) is 0 Å². The number of nitrogens with two attached hydrogens (primary N) is 1. The van der Waals surface area contributed by atoms with Crippen molar-refractivity contribution in [1.82, 2.24) is 9.88 Å². The molecular weight excluding hydrogens is 354 g/mol. The highest BCUT2D eigenvalue weighted by Gasteiger charge is 2.19. The molecule has 1 aliphatic rings. The smallest absolute Gasteiger partial charge is 0.257 e. The number of piperazine rings is 1. The molecule has 2 heterocycles. The van der Waals surface area contributed by atoms with E-state index in [9.17, 15) is 9.59 Å². The molecule has 8 heteroatoms. The van der Waals surface area contributed by atoms with Gasteiger partial charge in [0.1, 0.15) is 5.82 Å². The topological polar surface area (TPSA) is 91.6 Å². The zero-order valence-corrected chi connectivity index (χ0v) is 15.2. The largest absolute Gasteiger partial charge is 0.397 e. The van der Waals surface area contributed by atoms with Gasteiger partial charge in [0.25, 0.3) is 5.91 Å². The summed E-state index contributed by atoms with van der Waals surface area (Å²) in [7, 11) is 0. The maximum atomic E-state index is 12.3. The molecule has 0 unspecified atom stereocenters. The van der Waals surface area contributed by atoms with Gasteiger partial charge in [0, 0.05) is 45.0 Å². The van der Waals surface area contributed by atoms with Gasteiger partial charge in [-0.2, -0.15) is 0 Å². The van der Waals surface area contributed by atoms with Gasteiger partial charge < -0.3 is 20.9 Å². The fraction of sp³-hybridized carbons (Fsp3) is 0.278. The number of aromatic nitrogens is 1. The standard InChI is InChI=1S/C18H20ClN5O2/c1-12(25)23-6-8-24(9-7-23)17-5-2-13(11-21-17)18(26)22-14-3-4-15(19)16(20)10-14/h2-5,10-11H,6-9,20H2,1H3,(H,22,26). The van der Waals surface area contributed by atoms with Crippen LogP contribution < -0.4 is 16.0 Å².